The van der Waals surface area contributed by atoms with Crippen molar-refractivity contribution in [2.24, 2.45) is 52.3 Å². The molecule has 4 saturated carbocycles. The van der Waals surface area contributed by atoms with Crippen molar-refractivity contribution in [3.8, 4) is 0 Å². The Labute approximate surface area is 162 Å². The van der Waals surface area contributed by atoms with Crippen LogP contribution in [0.25, 0.3) is 0 Å². The Bertz CT molecular complexity index is 500. The largest absolute Gasteiger partial charge is 0.396 e. The van der Waals surface area contributed by atoms with Crippen LogP contribution in [0.2, 0.25) is 0 Å². The van der Waals surface area contributed by atoms with Crippen molar-refractivity contribution in [3.05, 3.63) is 0 Å². The van der Waals surface area contributed by atoms with Crippen LogP contribution in [0.4, 0.5) is 0 Å². The quantitative estimate of drug-likeness (QED) is 0.592. The maximum Gasteiger partial charge on any atom is 0.0431 e. The van der Waals surface area contributed by atoms with Gasteiger partial charge in [-0.05, 0) is 110 Å². The molecule has 0 aromatic heterocycles. The molecule has 0 heterocycles. The molecule has 0 bridgehead atoms. The standard InChI is InChI=1S/C25H44O/c1-17(8-7-15-26)20-10-11-21-23-18(2)16-19-9-5-6-13-24(19,3)22(23)12-14-25(20,21)4/h17-23,26H,5-16H2,1-4H3/t17-,18?,19+,20?,21?,22?,23+,24+,25-/m1/s1. The molecule has 1 N–H and O–H groups in total. The van der Waals surface area contributed by atoms with Crippen LogP contribution in [-0.2, 0) is 0 Å². The molecule has 4 unspecified atom stereocenters. The van der Waals surface area contributed by atoms with E-state index in [2.05, 4.69) is 27.7 Å². The molecule has 0 radical (unpaired) electrons. The highest BCUT2D eigenvalue weighted by Gasteiger charge is 2.61. The first-order valence-electron chi connectivity index (χ1n) is 12.0. The lowest BCUT2D eigenvalue weighted by molar-refractivity contribution is -0.137. The van der Waals surface area contributed by atoms with Crippen LogP contribution in [-0.4, -0.2) is 11.7 Å². The second-order valence-corrected chi connectivity index (χ2v) is 11.5. The second kappa shape index (κ2) is 7.09. The molecule has 4 fully saturated rings. The minimum Gasteiger partial charge on any atom is -0.396 e. The van der Waals surface area contributed by atoms with Crippen LogP contribution in [0.1, 0.15) is 98.3 Å². The van der Waals surface area contributed by atoms with Gasteiger partial charge in [0.1, 0.15) is 0 Å². The molecule has 4 aliphatic carbocycles. The molecule has 0 saturated heterocycles. The Morgan fingerprint density at radius 3 is 2.50 bits per heavy atom. The SMILES string of the molecule is CC1C[C@@H]2CCCC[C@]2(C)C2CC[C@@]3(C)C(CCC3[C@H](C)CCCO)[C@H]12. The van der Waals surface area contributed by atoms with Crippen molar-refractivity contribution >= 4 is 0 Å². The number of aliphatic hydroxyl groups excluding tert-OH is 1. The van der Waals surface area contributed by atoms with Gasteiger partial charge in [-0.1, -0.05) is 40.5 Å². The molecule has 1 heteroatoms. The highest BCUT2D eigenvalue weighted by molar-refractivity contribution is 5.10. The monoisotopic (exact) mass is 360 g/mol. The Balaban J connectivity index is 1.58. The number of hydrogen-bond donors (Lipinski definition) is 1. The average molecular weight is 361 g/mol. The molecule has 0 spiro atoms. The van der Waals surface area contributed by atoms with Gasteiger partial charge in [0.05, 0.1) is 0 Å². The topological polar surface area (TPSA) is 20.2 Å². The fraction of sp³-hybridized carbons (Fsp3) is 1.00. The molecular weight excluding hydrogens is 316 g/mol. The van der Waals surface area contributed by atoms with E-state index < -0.39 is 0 Å². The Morgan fingerprint density at radius 2 is 1.73 bits per heavy atom. The maximum atomic E-state index is 9.28. The molecule has 0 aromatic rings. The third kappa shape index (κ3) is 2.82. The van der Waals surface area contributed by atoms with E-state index in [0.29, 0.717) is 17.4 Å². The summed E-state index contributed by atoms with van der Waals surface area (Å²) in [7, 11) is 0. The highest BCUT2D eigenvalue weighted by Crippen LogP contribution is 2.69. The van der Waals surface area contributed by atoms with Gasteiger partial charge in [0.15, 0.2) is 0 Å². The molecule has 4 rings (SSSR count). The summed E-state index contributed by atoms with van der Waals surface area (Å²) in [5, 5.41) is 9.28. The van der Waals surface area contributed by atoms with Crippen LogP contribution in [0, 0.1) is 52.3 Å². The fourth-order valence-corrected chi connectivity index (χ4v) is 9.26. The van der Waals surface area contributed by atoms with Gasteiger partial charge < -0.3 is 5.11 Å². The van der Waals surface area contributed by atoms with Crippen LogP contribution >= 0.6 is 0 Å². The minimum atomic E-state index is 0.374. The third-order valence-corrected chi connectivity index (χ3v) is 10.5. The lowest BCUT2D eigenvalue weighted by atomic mass is 9.42. The van der Waals surface area contributed by atoms with Crippen LogP contribution in [0.15, 0.2) is 0 Å². The molecule has 0 aliphatic heterocycles. The van der Waals surface area contributed by atoms with Crippen molar-refractivity contribution in [2.45, 2.75) is 98.3 Å². The van der Waals surface area contributed by atoms with E-state index in [1.807, 2.05) is 0 Å². The highest BCUT2D eigenvalue weighted by atomic mass is 16.2. The summed E-state index contributed by atoms with van der Waals surface area (Å²) in [4.78, 5) is 0. The first-order chi connectivity index (χ1) is 12.4. The molecule has 0 aromatic carbocycles. The Hall–Kier alpha value is -0.0400. The summed E-state index contributed by atoms with van der Waals surface area (Å²) in [5.41, 5.74) is 1.25. The minimum absolute atomic E-state index is 0.374. The molecular formula is C25H44O. The van der Waals surface area contributed by atoms with Crippen molar-refractivity contribution < 1.29 is 5.11 Å². The van der Waals surface area contributed by atoms with E-state index in [9.17, 15) is 5.11 Å². The zero-order chi connectivity index (χ0) is 18.5. The van der Waals surface area contributed by atoms with E-state index in [1.165, 1.54) is 64.2 Å². The number of rotatable bonds is 4. The zero-order valence-electron chi connectivity index (χ0n) is 18.0. The summed E-state index contributed by atoms with van der Waals surface area (Å²) in [5.74, 6) is 6.68. The van der Waals surface area contributed by atoms with Gasteiger partial charge in [0.25, 0.3) is 0 Å². The molecule has 4 aliphatic rings. The number of hydrogen-bond acceptors (Lipinski definition) is 1. The molecule has 1 nitrogen and oxygen atoms in total. The lowest BCUT2D eigenvalue weighted by Crippen LogP contribution is -2.55. The van der Waals surface area contributed by atoms with Gasteiger partial charge in [0, 0.05) is 6.61 Å². The maximum absolute atomic E-state index is 9.28. The predicted octanol–water partition coefficient (Wildman–Crippen LogP) is 6.69. The Morgan fingerprint density at radius 1 is 0.962 bits per heavy atom. The molecule has 150 valence electrons. The van der Waals surface area contributed by atoms with Crippen molar-refractivity contribution in [2.75, 3.05) is 6.61 Å². The summed E-state index contributed by atoms with van der Waals surface area (Å²) < 4.78 is 0. The molecule has 26 heavy (non-hydrogen) atoms. The predicted molar refractivity (Wildman–Crippen MR) is 110 cm³/mol. The summed E-state index contributed by atoms with van der Waals surface area (Å²) >= 11 is 0. The third-order valence-electron chi connectivity index (χ3n) is 10.5. The first kappa shape index (κ1) is 19.3. The van der Waals surface area contributed by atoms with Crippen LogP contribution < -0.4 is 0 Å². The van der Waals surface area contributed by atoms with E-state index >= 15 is 0 Å². The van der Waals surface area contributed by atoms with Crippen LogP contribution in [0.5, 0.6) is 0 Å². The summed E-state index contributed by atoms with van der Waals surface area (Å²) in [6.07, 6.45) is 15.7. The van der Waals surface area contributed by atoms with Crippen molar-refractivity contribution in [1.82, 2.24) is 0 Å². The van der Waals surface area contributed by atoms with Crippen LogP contribution in [0.3, 0.4) is 0 Å². The van der Waals surface area contributed by atoms with E-state index in [-0.39, 0.29) is 0 Å². The fourth-order valence-electron chi connectivity index (χ4n) is 9.26. The van der Waals surface area contributed by atoms with Crippen molar-refractivity contribution in [3.63, 3.8) is 0 Å². The van der Waals surface area contributed by atoms with E-state index in [1.54, 1.807) is 0 Å². The lowest BCUT2D eigenvalue weighted by Gasteiger charge is -2.62. The number of fused-ring (bicyclic) bond motifs is 5. The molecule has 0 amide bonds. The van der Waals surface area contributed by atoms with Crippen molar-refractivity contribution in [1.29, 1.82) is 0 Å². The Kier molecular flexibility index (Phi) is 5.26. The summed E-state index contributed by atoms with van der Waals surface area (Å²) in [6, 6.07) is 0. The van der Waals surface area contributed by atoms with Gasteiger partial charge in [-0.3, -0.25) is 0 Å². The normalized spacial score (nSPS) is 52.0. The summed E-state index contributed by atoms with van der Waals surface area (Å²) in [6.45, 7) is 10.9. The van der Waals surface area contributed by atoms with Gasteiger partial charge in [0.2, 0.25) is 0 Å². The number of aliphatic hydroxyl groups is 1. The van der Waals surface area contributed by atoms with E-state index in [4.69, 9.17) is 0 Å². The first-order valence-corrected chi connectivity index (χ1v) is 12.0. The average Bonchev–Trinajstić information content (AvgIpc) is 2.97. The smallest absolute Gasteiger partial charge is 0.0431 e. The van der Waals surface area contributed by atoms with Gasteiger partial charge in [-0.25, -0.2) is 0 Å². The van der Waals surface area contributed by atoms with Gasteiger partial charge >= 0.3 is 0 Å². The van der Waals surface area contributed by atoms with Gasteiger partial charge in [-0.2, -0.15) is 0 Å². The van der Waals surface area contributed by atoms with E-state index in [0.717, 1.165) is 47.8 Å². The zero-order valence-corrected chi connectivity index (χ0v) is 18.0. The molecule has 9 atom stereocenters. The van der Waals surface area contributed by atoms with Gasteiger partial charge in [-0.15, -0.1) is 0 Å². The second-order valence-electron chi connectivity index (χ2n) is 11.5.